The molecule has 0 aromatic heterocycles. The zero-order valence-corrected chi connectivity index (χ0v) is 12.9. The van der Waals surface area contributed by atoms with E-state index < -0.39 is 10.0 Å². The third kappa shape index (κ3) is 3.50. The van der Waals surface area contributed by atoms with Gasteiger partial charge in [-0.25, -0.2) is 13.1 Å². The van der Waals surface area contributed by atoms with Crippen LogP contribution in [0.3, 0.4) is 0 Å². The van der Waals surface area contributed by atoms with Gasteiger partial charge in [-0.2, -0.15) is 0 Å². The molecular weight excluding hydrogens is 274 g/mol. The lowest BCUT2D eigenvalue weighted by atomic mass is 10.1. The van der Waals surface area contributed by atoms with Gasteiger partial charge in [0.05, 0.1) is 4.90 Å². The highest BCUT2D eigenvalue weighted by molar-refractivity contribution is 7.89. The van der Waals surface area contributed by atoms with Gasteiger partial charge in [0.15, 0.2) is 0 Å². The molecule has 1 unspecified atom stereocenters. The summed E-state index contributed by atoms with van der Waals surface area (Å²) in [7, 11) is -1.30. The van der Waals surface area contributed by atoms with Gasteiger partial charge in [-0.1, -0.05) is 6.92 Å². The van der Waals surface area contributed by atoms with Crippen molar-refractivity contribution in [3.05, 3.63) is 24.3 Å². The number of nitrogens with zero attached hydrogens (tertiary/aromatic N) is 1. The molecule has 1 saturated heterocycles. The third-order valence-corrected chi connectivity index (χ3v) is 5.27. The first kappa shape index (κ1) is 15.3. The molecule has 5 nitrogen and oxygen atoms in total. The van der Waals surface area contributed by atoms with Crippen molar-refractivity contribution in [2.24, 2.45) is 0 Å². The Labute approximate surface area is 121 Å². The Morgan fingerprint density at radius 3 is 2.60 bits per heavy atom. The first-order chi connectivity index (χ1) is 9.54. The summed E-state index contributed by atoms with van der Waals surface area (Å²) in [5.74, 6) is 0. The maximum Gasteiger partial charge on any atom is 0.240 e. The molecule has 1 heterocycles. The monoisotopic (exact) mass is 297 g/mol. The average molecular weight is 297 g/mol. The number of hydrogen-bond acceptors (Lipinski definition) is 4. The number of sulfonamides is 1. The first-order valence-corrected chi connectivity index (χ1v) is 8.56. The van der Waals surface area contributed by atoms with Crippen LogP contribution in [0.5, 0.6) is 0 Å². The van der Waals surface area contributed by atoms with Gasteiger partial charge in [0, 0.05) is 31.9 Å². The maximum atomic E-state index is 11.9. The molecule has 0 saturated carbocycles. The van der Waals surface area contributed by atoms with Crippen LogP contribution in [-0.2, 0) is 10.0 Å². The lowest BCUT2D eigenvalue weighted by Gasteiger charge is -2.33. The summed E-state index contributed by atoms with van der Waals surface area (Å²) in [5.41, 5.74) is 1.05. The summed E-state index contributed by atoms with van der Waals surface area (Å²) in [6, 6.07) is 7.55. The van der Waals surface area contributed by atoms with E-state index in [2.05, 4.69) is 22.0 Å². The average Bonchev–Trinajstić information content (AvgIpc) is 2.47. The van der Waals surface area contributed by atoms with Crippen molar-refractivity contribution in [3.8, 4) is 0 Å². The molecule has 2 rings (SSSR count). The van der Waals surface area contributed by atoms with E-state index in [9.17, 15) is 8.42 Å². The summed E-state index contributed by atoms with van der Waals surface area (Å²) in [6.07, 6.45) is 2.35. The van der Waals surface area contributed by atoms with Crippen LogP contribution in [0.2, 0.25) is 0 Å². The molecule has 1 aromatic carbocycles. The summed E-state index contributed by atoms with van der Waals surface area (Å²) >= 11 is 0. The number of rotatable bonds is 5. The Hall–Kier alpha value is -1.11. The van der Waals surface area contributed by atoms with Crippen LogP contribution in [0.25, 0.3) is 0 Å². The standard InChI is InChI=1S/C14H23N3O2S/c1-3-16-20(18,19)14-8-6-12(7-9-14)17(2)13-5-4-10-15-11-13/h6-9,13,15-16H,3-5,10-11H2,1-2H3. The van der Waals surface area contributed by atoms with Crippen LogP contribution in [0.4, 0.5) is 5.69 Å². The second-order valence-corrected chi connectivity index (χ2v) is 6.87. The molecule has 1 aliphatic heterocycles. The van der Waals surface area contributed by atoms with Crippen LogP contribution < -0.4 is 14.9 Å². The SMILES string of the molecule is CCNS(=O)(=O)c1ccc(N(C)C2CCCNC2)cc1. The Kier molecular flexibility index (Phi) is 5.01. The lowest BCUT2D eigenvalue weighted by Crippen LogP contribution is -2.44. The Balaban J connectivity index is 2.11. The quantitative estimate of drug-likeness (QED) is 0.856. The smallest absolute Gasteiger partial charge is 0.240 e. The van der Waals surface area contributed by atoms with E-state index in [1.807, 2.05) is 12.1 Å². The lowest BCUT2D eigenvalue weighted by molar-refractivity contribution is 0.445. The molecule has 0 radical (unpaired) electrons. The molecular formula is C14H23N3O2S. The molecule has 0 aliphatic carbocycles. The molecule has 0 spiro atoms. The maximum absolute atomic E-state index is 11.9. The van der Waals surface area contributed by atoms with Gasteiger partial charge >= 0.3 is 0 Å². The van der Waals surface area contributed by atoms with E-state index in [1.54, 1.807) is 19.1 Å². The van der Waals surface area contributed by atoms with Crippen LogP contribution in [0.1, 0.15) is 19.8 Å². The Bertz CT molecular complexity index is 522. The summed E-state index contributed by atoms with van der Waals surface area (Å²) in [6.45, 7) is 4.24. The van der Waals surface area contributed by atoms with E-state index in [-0.39, 0.29) is 0 Å². The fourth-order valence-electron chi connectivity index (χ4n) is 2.51. The van der Waals surface area contributed by atoms with E-state index in [1.165, 1.54) is 12.8 Å². The van der Waals surface area contributed by atoms with Crippen molar-refractivity contribution < 1.29 is 8.42 Å². The van der Waals surface area contributed by atoms with Crippen molar-refractivity contribution in [1.82, 2.24) is 10.0 Å². The number of anilines is 1. The summed E-state index contributed by atoms with van der Waals surface area (Å²) in [4.78, 5) is 2.54. The third-order valence-electron chi connectivity index (χ3n) is 3.71. The molecule has 1 atom stereocenters. The zero-order chi connectivity index (χ0) is 14.6. The zero-order valence-electron chi connectivity index (χ0n) is 12.1. The fraction of sp³-hybridized carbons (Fsp3) is 0.571. The first-order valence-electron chi connectivity index (χ1n) is 7.08. The minimum Gasteiger partial charge on any atom is -0.370 e. The number of nitrogens with one attached hydrogen (secondary N) is 2. The molecule has 20 heavy (non-hydrogen) atoms. The second-order valence-electron chi connectivity index (χ2n) is 5.11. The van der Waals surface area contributed by atoms with Crippen LogP contribution in [-0.4, -0.2) is 41.1 Å². The van der Waals surface area contributed by atoms with Crippen molar-refractivity contribution >= 4 is 15.7 Å². The molecule has 1 aromatic rings. The van der Waals surface area contributed by atoms with Gasteiger partial charge in [0.2, 0.25) is 10.0 Å². The van der Waals surface area contributed by atoms with E-state index in [0.717, 1.165) is 18.8 Å². The highest BCUT2D eigenvalue weighted by atomic mass is 32.2. The number of benzene rings is 1. The Morgan fingerprint density at radius 2 is 2.05 bits per heavy atom. The molecule has 1 fully saturated rings. The van der Waals surface area contributed by atoms with E-state index in [0.29, 0.717) is 17.5 Å². The molecule has 2 N–H and O–H groups in total. The fourth-order valence-corrected chi connectivity index (χ4v) is 3.55. The van der Waals surface area contributed by atoms with Crippen molar-refractivity contribution in [1.29, 1.82) is 0 Å². The van der Waals surface area contributed by atoms with E-state index in [4.69, 9.17) is 0 Å². The normalized spacial score (nSPS) is 19.8. The van der Waals surface area contributed by atoms with Gasteiger partial charge in [-0.3, -0.25) is 0 Å². The largest absolute Gasteiger partial charge is 0.370 e. The van der Waals surface area contributed by atoms with Crippen LogP contribution >= 0.6 is 0 Å². The van der Waals surface area contributed by atoms with E-state index >= 15 is 0 Å². The van der Waals surface area contributed by atoms with Crippen LogP contribution in [0.15, 0.2) is 29.2 Å². The topological polar surface area (TPSA) is 61.4 Å². The molecule has 0 amide bonds. The van der Waals surface area contributed by atoms with Gasteiger partial charge in [0.1, 0.15) is 0 Å². The molecule has 6 heteroatoms. The predicted octanol–water partition coefficient (Wildman–Crippen LogP) is 1.17. The highest BCUT2D eigenvalue weighted by Crippen LogP contribution is 2.21. The van der Waals surface area contributed by atoms with Crippen molar-refractivity contribution in [2.75, 3.05) is 31.6 Å². The minimum absolute atomic E-state index is 0.318. The Morgan fingerprint density at radius 1 is 1.35 bits per heavy atom. The van der Waals surface area contributed by atoms with Gasteiger partial charge in [-0.05, 0) is 43.7 Å². The predicted molar refractivity (Wildman–Crippen MR) is 81.6 cm³/mol. The summed E-state index contributed by atoms with van der Waals surface area (Å²) in [5, 5.41) is 3.39. The molecule has 112 valence electrons. The van der Waals surface area contributed by atoms with Crippen molar-refractivity contribution in [3.63, 3.8) is 0 Å². The number of likely N-dealkylation sites (N-methyl/N-ethyl adjacent to an activating group) is 1. The van der Waals surface area contributed by atoms with Gasteiger partial charge in [-0.15, -0.1) is 0 Å². The number of piperidine rings is 1. The number of hydrogen-bond donors (Lipinski definition) is 2. The van der Waals surface area contributed by atoms with Crippen molar-refractivity contribution in [2.45, 2.75) is 30.7 Å². The summed E-state index contributed by atoms with van der Waals surface area (Å²) < 4.78 is 26.3. The second kappa shape index (κ2) is 6.56. The van der Waals surface area contributed by atoms with Crippen LogP contribution in [0, 0.1) is 0 Å². The minimum atomic E-state index is -3.36. The van der Waals surface area contributed by atoms with Gasteiger partial charge < -0.3 is 10.2 Å². The molecule has 1 aliphatic rings. The molecule has 0 bridgehead atoms. The highest BCUT2D eigenvalue weighted by Gasteiger charge is 2.19. The van der Waals surface area contributed by atoms with Gasteiger partial charge in [0.25, 0.3) is 0 Å².